The number of hydrogen-bond acceptors (Lipinski definition) is 1. The van der Waals surface area contributed by atoms with Gasteiger partial charge >= 0.3 is 0 Å². The summed E-state index contributed by atoms with van der Waals surface area (Å²) in [6.07, 6.45) is 8.24. The van der Waals surface area contributed by atoms with Crippen molar-refractivity contribution in [3.8, 4) is 0 Å². The van der Waals surface area contributed by atoms with Crippen molar-refractivity contribution in [1.29, 1.82) is 0 Å². The molecular weight excluding hydrogens is 174 g/mol. The van der Waals surface area contributed by atoms with Crippen molar-refractivity contribution in [2.75, 3.05) is 0 Å². The smallest absolute Gasteiger partial charge is 0.219 e. The first-order valence-electron chi connectivity index (χ1n) is 6.00. The van der Waals surface area contributed by atoms with Gasteiger partial charge in [0, 0.05) is 12.5 Å². The van der Waals surface area contributed by atoms with Crippen molar-refractivity contribution >= 4 is 5.91 Å². The molecule has 0 aromatic carbocycles. The molecule has 0 fully saturated rings. The van der Waals surface area contributed by atoms with Crippen LogP contribution in [0, 0.1) is 0 Å². The van der Waals surface area contributed by atoms with Crippen LogP contribution in [0.25, 0.3) is 0 Å². The summed E-state index contributed by atoms with van der Waals surface area (Å²) in [6.45, 7) is 6.21. The summed E-state index contributed by atoms with van der Waals surface area (Å²) in [6, 6.07) is 0.351. The van der Waals surface area contributed by atoms with E-state index >= 15 is 0 Å². The lowest BCUT2D eigenvalue weighted by Gasteiger charge is -2.12. The zero-order chi connectivity index (χ0) is 10.8. The Hall–Kier alpha value is -0.530. The van der Waals surface area contributed by atoms with Gasteiger partial charge in [-0.15, -0.1) is 0 Å². The summed E-state index contributed by atoms with van der Waals surface area (Å²) >= 11 is 0. The molecule has 1 unspecified atom stereocenters. The van der Waals surface area contributed by atoms with E-state index in [4.69, 9.17) is 0 Å². The summed E-state index contributed by atoms with van der Waals surface area (Å²) < 4.78 is 0. The predicted molar refractivity (Wildman–Crippen MR) is 61.3 cm³/mol. The van der Waals surface area contributed by atoms with Crippen molar-refractivity contribution < 1.29 is 4.79 Å². The molecule has 1 amide bonds. The molecule has 14 heavy (non-hydrogen) atoms. The van der Waals surface area contributed by atoms with Gasteiger partial charge in [-0.25, -0.2) is 0 Å². The van der Waals surface area contributed by atoms with Crippen molar-refractivity contribution in [2.45, 2.75) is 71.8 Å². The molecule has 2 nitrogen and oxygen atoms in total. The van der Waals surface area contributed by atoms with Gasteiger partial charge < -0.3 is 5.32 Å². The lowest BCUT2D eigenvalue weighted by molar-refractivity contribution is -0.121. The van der Waals surface area contributed by atoms with Crippen LogP contribution in [0.5, 0.6) is 0 Å². The number of carbonyl (C=O) groups is 1. The van der Waals surface area contributed by atoms with E-state index in [0.717, 1.165) is 6.42 Å². The minimum Gasteiger partial charge on any atom is -0.354 e. The summed E-state index contributed by atoms with van der Waals surface area (Å²) in [5, 5.41) is 2.98. The normalized spacial score (nSPS) is 12.5. The lowest BCUT2D eigenvalue weighted by atomic mass is 10.1. The molecule has 0 aromatic heterocycles. The van der Waals surface area contributed by atoms with Gasteiger partial charge in [0.2, 0.25) is 5.91 Å². The summed E-state index contributed by atoms with van der Waals surface area (Å²) in [5.74, 6) is 0.172. The molecule has 0 radical (unpaired) electrons. The van der Waals surface area contributed by atoms with Crippen molar-refractivity contribution in [3.63, 3.8) is 0 Å². The minimum atomic E-state index is 0.172. The van der Waals surface area contributed by atoms with Crippen molar-refractivity contribution in [3.05, 3.63) is 0 Å². The fourth-order valence-electron chi connectivity index (χ4n) is 1.50. The van der Waals surface area contributed by atoms with Crippen LogP contribution in [0.2, 0.25) is 0 Å². The van der Waals surface area contributed by atoms with Crippen molar-refractivity contribution in [2.24, 2.45) is 0 Å². The van der Waals surface area contributed by atoms with Crippen LogP contribution in [0.3, 0.4) is 0 Å². The Morgan fingerprint density at radius 1 is 1.14 bits per heavy atom. The van der Waals surface area contributed by atoms with Crippen LogP contribution < -0.4 is 5.32 Å². The van der Waals surface area contributed by atoms with E-state index < -0.39 is 0 Å². The Balaban J connectivity index is 3.26. The molecule has 0 rings (SSSR count). The number of amides is 1. The third-order valence-corrected chi connectivity index (χ3v) is 2.47. The second-order valence-corrected chi connectivity index (χ2v) is 4.03. The molecule has 1 atom stereocenters. The van der Waals surface area contributed by atoms with Gasteiger partial charge in [-0.05, 0) is 13.3 Å². The van der Waals surface area contributed by atoms with Crippen LogP contribution >= 0.6 is 0 Å². The Labute approximate surface area is 88.5 Å². The first-order chi connectivity index (χ1) is 6.70. The fourth-order valence-corrected chi connectivity index (χ4v) is 1.50. The number of rotatable bonds is 8. The molecule has 0 spiro atoms. The molecule has 0 aromatic rings. The maximum absolute atomic E-state index is 11.0. The average Bonchev–Trinajstić information content (AvgIpc) is 2.17. The van der Waals surface area contributed by atoms with Crippen LogP contribution in [0.4, 0.5) is 0 Å². The highest BCUT2D eigenvalue weighted by atomic mass is 16.1. The highest BCUT2D eigenvalue weighted by molar-refractivity contribution is 5.75. The van der Waals surface area contributed by atoms with E-state index in [1.54, 1.807) is 0 Å². The zero-order valence-corrected chi connectivity index (χ0v) is 9.94. The molecule has 0 saturated carbocycles. The Kier molecular flexibility index (Phi) is 8.70. The summed E-state index contributed by atoms with van der Waals surface area (Å²) in [7, 11) is 0. The third-order valence-electron chi connectivity index (χ3n) is 2.47. The van der Waals surface area contributed by atoms with E-state index in [9.17, 15) is 4.79 Å². The van der Waals surface area contributed by atoms with Crippen LogP contribution in [-0.4, -0.2) is 11.9 Å². The number of carbonyl (C=O) groups excluding carboxylic acids is 1. The standard InChI is InChI=1S/C12H25NO/c1-4-6-7-8-9-10-11(3)13-12(14)5-2/h11H,4-10H2,1-3H3,(H,13,14). The lowest BCUT2D eigenvalue weighted by Crippen LogP contribution is -2.31. The average molecular weight is 199 g/mol. The quantitative estimate of drug-likeness (QED) is 0.597. The minimum absolute atomic E-state index is 0.172. The predicted octanol–water partition coefficient (Wildman–Crippen LogP) is 3.26. The molecule has 84 valence electrons. The SMILES string of the molecule is CCCCCCCC(C)NC(=O)CC. The molecule has 0 aliphatic carbocycles. The van der Waals surface area contributed by atoms with Gasteiger partial charge in [0.15, 0.2) is 0 Å². The molecule has 0 aliphatic heterocycles. The van der Waals surface area contributed by atoms with Crippen LogP contribution in [0.15, 0.2) is 0 Å². The largest absolute Gasteiger partial charge is 0.354 e. The van der Waals surface area contributed by atoms with Gasteiger partial charge in [0.25, 0.3) is 0 Å². The summed E-state index contributed by atoms with van der Waals surface area (Å²) in [4.78, 5) is 11.0. The molecule has 1 N–H and O–H groups in total. The Bertz CT molecular complexity index is 145. The maximum atomic E-state index is 11.0. The second kappa shape index (κ2) is 9.04. The molecule has 0 bridgehead atoms. The van der Waals surface area contributed by atoms with E-state index in [1.165, 1.54) is 32.1 Å². The van der Waals surface area contributed by atoms with Gasteiger partial charge in [0.05, 0.1) is 0 Å². The highest BCUT2D eigenvalue weighted by Crippen LogP contribution is 2.06. The second-order valence-electron chi connectivity index (χ2n) is 4.03. The number of nitrogens with one attached hydrogen (secondary N) is 1. The van der Waals surface area contributed by atoms with E-state index in [2.05, 4.69) is 19.2 Å². The Morgan fingerprint density at radius 2 is 1.79 bits per heavy atom. The third kappa shape index (κ3) is 8.09. The van der Waals surface area contributed by atoms with Crippen molar-refractivity contribution in [1.82, 2.24) is 5.32 Å². The van der Waals surface area contributed by atoms with Crippen LogP contribution in [0.1, 0.15) is 65.7 Å². The van der Waals surface area contributed by atoms with Gasteiger partial charge in [0.1, 0.15) is 0 Å². The maximum Gasteiger partial charge on any atom is 0.219 e. The first-order valence-corrected chi connectivity index (χ1v) is 6.00. The van der Waals surface area contributed by atoms with Gasteiger partial charge in [-0.3, -0.25) is 4.79 Å². The topological polar surface area (TPSA) is 29.1 Å². The molecule has 0 saturated heterocycles. The summed E-state index contributed by atoms with van der Waals surface area (Å²) in [5.41, 5.74) is 0. The molecule has 0 heterocycles. The molecular formula is C12H25NO. The van der Waals surface area contributed by atoms with E-state index in [1.807, 2.05) is 6.92 Å². The first kappa shape index (κ1) is 13.5. The zero-order valence-electron chi connectivity index (χ0n) is 9.94. The molecule has 0 aliphatic rings. The number of hydrogen-bond donors (Lipinski definition) is 1. The monoisotopic (exact) mass is 199 g/mol. The van der Waals surface area contributed by atoms with Gasteiger partial charge in [-0.1, -0.05) is 46.0 Å². The van der Waals surface area contributed by atoms with Crippen LogP contribution in [-0.2, 0) is 4.79 Å². The number of unbranched alkanes of at least 4 members (excludes halogenated alkanes) is 4. The van der Waals surface area contributed by atoms with Gasteiger partial charge in [-0.2, -0.15) is 0 Å². The Morgan fingerprint density at radius 3 is 2.36 bits per heavy atom. The fraction of sp³-hybridized carbons (Fsp3) is 0.917. The van der Waals surface area contributed by atoms with E-state index in [-0.39, 0.29) is 5.91 Å². The van der Waals surface area contributed by atoms with E-state index in [0.29, 0.717) is 12.5 Å². The molecule has 2 heteroatoms. The highest BCUT2D eigenvalue weighted by Gasteiger charge is 2.04.